The van der Waals surface area contributed by atoms with Crippen molar-refractivity contribution in [2.45, 2.75) is 9.79 Å². The predicted octanol–water partition coefficient (Wildman–Crippen LogP) is 1.05. The first-order chi connectivity index (χ1) is 14.1. The van der Waals surface area contributed by atoms with Crippen LogP contribution in [0.3, 0.4) is 0 Å². The Balaban J connectivity index is 0.000000245. The number of nitrogens with two attached hydrogens (primary N) is 4. The van der Waals surface area contributed by atoms with Gasteiger partial charge in [0.2, 0.25) is 0 Å². The van der Waals surface area contributed by atoms with Crippen LogP contribution in [-0.2, 0) is 20.2 Å². The number of hydrogen-bond donors (Lipinski definition) is 7. The lowest BCUT2D eigenvalue weighted by molar-refractivity contribution is 0.0698. The van der Waals surface area contributed by atoms with Crippen LogP contribution in [0.2, 0.25) is 0 Å². The maximum atomic E-state index is 11.2. The molecule has 3 aromatic carbocycles. The first-order valence-electron chi connectivity index (χ1n) is 8.08. The van der Waals surface area contributed by atoms with Gasteiger partial charge in [0.05, 0.1) is 16.9 Å². The van der Waals surface area contributed by atoms with Crippen molar-refractivity contribution in [3.05, 3.63) is 48.0 Å². The molecule has 0 aromatic heterocycles. The van der Waals surface area contributed by atoms with E-state index < -0.39 is 36.0 Å². The van der Waals surface area contributed by atoms with Gasteiger partial charge < -0.3 is 28.0 Å². The van der Waals surface area contributed by atoms with E-state index >= 15 is 0 Å². The number of fused-ring (bicyclic) bond motifs is 1. The standard InChI is InChI=1S/C10H9NO6S2.C7H9N3O2/c11-6-4-8-7(10(5-6)19(15,16)17)2-1-3-9(8)18(12,13)14;8-3-1-4(7(11)12)6(10)5(9)2-3/h1-5H,11H2,(H,12,13,14)(H,15,16,17);1-2H,8-10H2,(H,11,12). The summed E-state index contributed by atoms with van der Waals surface area (Å²) in [5.41, 5.74) is 22.0. The van der Waals surface area contributed by atoms with Crippen LogP contribution in [0.1, 0.15) is 10.4 Å². The zero-order chi connectivity index (χ0) is 23.7. The molecule has 0 unspecified atom stereocenters. The molecule has 0 spiro atoms. The summed E-state index contributed by atoms with van der Waals surface area (Å²) in [6, 6.07) is 8.54. The Morgan fingerprint density at radius 1 is 0.742 bits per heavy atom. The number of benzene rings is 3. The van der Waals surface area contributed by atoms with Crippen LogP contribution in [0.25, 0.3) is 10.8 Å². The molecule has 3 rings (SSSR count). The summed E-state index contributed by atoms with van der Waals surface area (Å²) in [4.78, 5) is 9.53. The third-order valence-electron chi connectivity index (χ3n) is 3.96. The van der Waals surface area contributed by atoms with Crippen LogP contribution in [0, 0.1) is 0 Å². The largest absolute Gasteiger partial charge is 0.478 e. The molecule has 0 heterocycles. The predicted molar refractivity (Wildman–Crippen MR) is 115 cm³/mol. The van der Waals surface area contributed by atoms with Crippen LogP contribution < -0.4 is 22.9 Å². The molecule has 11 N–H and O–H groups in total. The maximum Gasteiger partial charge on any atom is 0.337 e. The summed E-state index contributed by atoms with van der Waals surface area (Å²) in [7, 11) is -9.11. The maximum absolute atomic E-state index is 11.2. The third kappa shape index (κ3) is 5.32. The topological polar surface area (TPSA) is 250 Å². The van der Waals surface area contributed by atoms with Crippen molar-refractivity contribution >= 4 is 59.7 Å². The van der Waals surface area contributed by atoms with E-state index in [0.29, 0.717) is 5.69 Å². The number of carboxylic acids is 1. The second-order valence-corrected chi connectivity index (χ2v) is 8.98. The second kappa shape index (κ2) is 8.27. The molecule has 0 radical (unpaired) electrons. The van der Waals surface area contributed by atoms with Crippen LogP contribution in [0.15, 0.2) is 52.3 Å². The first-order valence-corrected chi connectivity index (χ1v) is 11.0. The highest BCUT2D eigenvalue weighted by molar-refractivity contribution is 7.86. The minimum atomic E-state index is -4.57. The van der Waals surface area contributed by atoms with Gasteiger partial charge in [-0.2, -0.15) is 16.8 Å². The Hall–Kier alpha value is -3.59. The molecule has 0 saturated heterocycles. The fourth-order valence-electron chi connectivity index (χ4n) is 2.66. The highest BCUT2D eigenvalue weighted by atomic mass is 32.2. The van der Waals surface area contributed by atoms with Gasteiger partial charge in [-0.15, -0.1) is 0 Å². The van der Waals surface area contributed by atoms with Crippen LogP contribution in [0.4, 0.5) is 22.7 Å². The molecular formula is C17H18N4O8S2. The van der Waals surface area contributed by atoms with E-state index in [9.17, 15) is 21.6 Å². The van der Waals surface area contributed by atoms with Crippen molar-refractivity contribution in [1.29, 1.82) is 0 Å². The molecule has 3 aromatic rings. The van der Waals surface area contributed by atoms with Crippen molar-refractivity contribution in [1.82, 2.24) is 0 Å². The monoisotopic (exact) mass is 470 g/mol. The quantitative estimate of drug-likeness (QED) is 0.209. The second-order valence-electron chi connectivity index (χ2n) is 6.20. The molecule has 0 amide bonds. The molecular weight excluding hydrogens is 452 g/mol. The number of anilines is 4. The minimum Gasteiger partial charge on any atom is -0.478 e. The third-order valence-corrected chi connectivity index (χ3v) is 5.77. The normalized spacial score (nSPS) is 11.5. The summed E-state index contributed by atoms with van der Waals surface area (Å²) >= 11 is 0. The Morgan fingerprint density at radius 3 is 1.81 bits per heavy atom. The number of hydrogen-bond acceptors (Lipinski definition) is 9. The van der Waals surface area contributed by atoms with E-state index in [-0.39, 0.29) is 33.4 Å². The smallest absolute Gasteiger partial charge is 0.337 e. The van der Waals surface area contributed by atoms with Crippen molar-refractivity contribution < 1.29 is 35.8 Å². The van der Waals surface area contributed by atoms with Gasteiger partial charge in [-0.1, -0.05) is 12.1 Å². The number of nitrogen functional groups attached to an aromatic ring is 4. The van der Waals surface area contributed by atoms with Gasteiger partial charge in [0.15, 0.2) is 0 Å². The average molecular weight is 470 g/mol. The summed E-state index contributed by atoms with van der Waals surface area (Å²) in [5.74, 6) is -1.13. The van der Waals surface area contributed by atoms with E-state index in [1.165, 1.54) is 30.3 Å². The van der Waals surface area contributed by atoms with Crippen LogP contribution in [-0.4, -0.2) is 37.0 Å². The summed E-state index contributed by atoms with van der Waals surface area (Å²) in [6.45, 7) is 0. The Bertz CT molecular complexity index is 1400. The molecule has 14 heteroatoms. The van der Waals surface area contributed by atoms with Crippen molar-refractivity contribution in [3.63, 3.8) is 0 Å². The van der Waals surface area contributed by atoms with Crippen LogP contribution >= 0.6 is 0 Å². The number of carboxylic acid groups (broad SMARTS) is 1. The molecule has 12 nitrogen and oxygen atoms in total. The van der Waals surface area contributed by atoms with E-state index in [1.807, 2.05) is 0 Å². The summed E-state index contributed by atoms with van der Waals surface area (Å²) in [5, 5.41) is 8.49. The number of rotatable bonds is 3. The molecule has 166 valence electrons. The van der Waals surface area contributed by atoms with Crippen molar-refractivity contribution in [2.24, 2.45) is 0 Å². The molecule has 0 aliphatic carbocycles. The van der Waals surface area contributed by atoms with Crippen molar-refractivity contribution in [3.8, 4) is 0 Å². The molecule has 0 aliphatic heterocycles. The van der Waals surface area contributed by atoms with Crippen molar-refractivity contribution in [2.75, 3.05) is 22.9 Å². The van der Waals surface area contributed by atoms with E-state index in [0.717, 1.165) is 12.1 Å². The lowest BCUT2D eigenvalue weighted by Gasteiger charge is -2.08. The minimum absolute atomic E-state index is 0.0492. The molecule has 0 saturated carbocycles. The molecule has 0 atom stereocenters. The van der Waals surface area contributed by atoms with Gasteiger partial charge in [0.25, 0.3) is 20.2 Å². The summed E-state index contributed by atoms with van der Waals surface area (Å²) in [6.07, 6.45) is 0. The first kappa shape index (κ1) is 23.7. The van der Waals surface area contributed by atoms with E-state index in [1.54, 1.807) is 0 Å². The Labute approximate surface area is 176 Å². The summed E-state index contributed by atoms with van der Waals surface area (Å²) < 4.78 is 63.1. The fraction of sp³-hybridized carbons (Fsp3) is 0. The van der Waals surface area contributed by atoms with Gasteiger partial charge in [-0.05, 0) is 30.3 Å². The zero-order valence-electron chi connectivity index (χ0n) is 15.6. The molecule has 0 fully saturated rings. The van der Waals surface area contributed by atoms with E-state index in [2.05, 4.69) is 0 Å². The Kier molecular flexibility index (Phi) is 6.32. The molecule has 31 heavy (non-hydrogen) atoms. The Morgan fingerprint density at radius 2 is 1.29 bits per heavy atom. The molecule has 0 aliphatic rings. The lowest BCUT2D eigenvalue weighted by atomic mass is 10.1. The number of aromatic carboxylic acids is 1. The highest BCUT2D eigenvalue weighted by Gasteiger charge is 2.20. The van der Waals surface area contributed by atoms with Gasteiger partial charge in [-0.25, -0.2) is 4.79 Å². The van der Waals surface area contributed by atoms with Gasteiger partial charge in [-0.3, -0.25) is 9.11 Å². The van der Waals surface area contributed by atoms with Gasteiger partial charge in [0, 0.05) is 22.1 Å². The lowest BCUT2D eigenvalue weighted by Crippen LogP contribution is -2.06. The highest BCUT2D eigenvalue weighted by Crippen LogP contribution is 2.30. The van der Waals surface area contributed by atoms with Crippen LogP contribution in [0.5, 0.6) is 0 Å². The number of carbonyl (C=O) groups is 1. The molecule has 0 bridgehead atoms. The SMILES string of the molecule is Nc1cc(N)c(N)c(C(=O)O)c1.Nc1cc(S(=O)(=O)O)c2cccc(S(=O)(=O)O)c2c1. The van der Waals surface area contributed by atoms with Gasteiger partial charge >= 0.3 is 5.97 Å². The van der Waals surface area contributed by atoms with E-state index in [4.69, 9.17) is 37.1 Å². The zero-order valence-corrected chi connectivity index (χ0v) is 17.2. The van der Waals surface area contributed by atoms with Gasteiger partial charge in [0.1, 0.15) is 9.79 Å². The fourth-order valence-corrected chi connectivity index (χ4v) is 4.10. The average Bonchev–Trinajstić information content (AvgIpc) is 2.62.